The number of aromatic nitrogens is 2. The maximum atomic E-state index is 5.53. The molecular weight excluding hydrogens is 262 g/mol. The van der Waals surface area contributed by atoms with Crippen LogP contribution in [0.5, 0.6) is 0 Å². The number of ether oxygens (including phenoxy) is 1. The van der Waals surface area contributed by atoms with E-state index in [-0.39, 0.29) is 0 Å². The highest BCUT2D eigenvalue weighted by atomic mass is 16.5. The van der Waals surface area contributed by atoms with Crippen LogP contribution in [0.15, 0.2) is 18.5 Å². The molecule has 21 heavy (non-hydrogen) atoms. The Kier molecular flexibility index (Phi) is 6.21. The van der Waals surface area contributed by atoms with E-state index in [1.807, 2.05) is 6.33 Å². The third-order valence-electron chi connectivity index (χ3n) is 3.83. The minimum absolute atomic E-state index is 0.795. The molecule has 0 fully saturated rings. The molecule has 1 aromatic carbocycles. The van der Waals surface area contributed by atoms with Crippen molar-refractivity contribution in [3.05, 3.63) is 29.6 Å². The molecule has 0 unspecified atom stereocenters. The lowest BCUT2D eigenvalue weighted by atomic mass is 10.1. The number of fused-ring (bicyclic) bond motifs is 1. The molecule has 1 N–H and O–H groups in total. The molecule has 0 atom stereocenters. The smallest absolute Gasteiger partial charge is 0.0958 e. The molecule has 0 aliphatic heterocycles. The third-order valence-corrected chi connectivity index (χ3v) is 3.83. The summed E-state index contributed by atoms with van der Waals surface area (Å²) in [5.41, 5.74) is 4.93. The number of rotatable bonds is 9. The average molecular weight is 289 g/mol. The Balaban J connectivity index is 1.75. The standard InChI is InChI=1S/C17H27N3O/c1-4-5-9-21-10-7-18-6-8-20-13-19-16-11-14(2)15(3)12-17(16)20/h11-13,18H,4-10H2,1-3H3. The maximum Gasteiger partial charge on any atom is 0.0958 e. The zero-order valence-electron chi connectivity index (χ0n) is 13.5. The van der Waals surface area contributed by atoms with E-state index in [0.717, 1.165) is 44.8 Å². The van der Waals surface area contributed by atoms with Crippen LogP contribution in [-0.2, 0) is 11.3 Å². The molecule has 0 saturated heterocycles. The highest BCUT2D eigenvalue weighted by molar-refractivity contribution is 5.77. The highest BCUT2D eigenvalue weighted by Crippen LogP contribution is 2.18. The summed E-state index contributed by atoms with van der Waals surface area (Å²) in [6.45, 7) is 10.9. The van der Waals surface area contributed by atoms with Crippen LogP contribution in [0.4, 0.5) is 0 Å². The SMILES string of the molecule is CCCCOCCNCCn1cnc2cc(C)c(C)cc21. The zero-order valence-corrected chi connectivity index (χ0v) is 13.5. The molecule has 0 saturated carbocycles. The van der Waals surface area contributed by atoms with Crippen molar-refractivity contribution in [1.82, 2.24) is 14.9 Å². The first-order valence-corrected chi connectivity index (χ1v) is 7.93. The van der Waals surface area contributed by atoms with Gasteiger partial charge in [0.05, 0.1) is 24.0 Å². The van der Waals surface area contributed by atoms with E-state index >= 15 is 0 Å². The van der Waals surface area contributed by atoms with Crippen molar-refractivity contribution in [2.75, 3.05) is 26.3 Å². The minimum Gasteiger partial charge on any atom is -0.380 e. The molecule has 0 spiro atoms. The van der Waals surface area contributed by atoms with E-state index in [1.54, 1.807) is 0 Å². The first kappa shape index (κ1) is 16.0. The third kappa shape index (κ3) is 4.55. The second-order valence-electron chi connectivity index (χ2n) is 5.58. The predicted octanol–water partition coefficient (Wildman–Crippen LogP) is 3.06. The Bertz CT molecular complexity index is 562. The molecule has 2 aromatic rings. The monoisotopic (exact) mass is 289 g/mol. The summed E-state index contributed by atoms with van der Waals surface area (Å²) in [6.07, 6.45) is 4.28. The van der Waals surface area contributed by atoms with Crippen LogP contribution in [0.3, 0.4) is 0 Å². The van der Waals surface area contributed by atoms with Crippen LogP contribution >= 0.6 is 0 Å². The fraction of sp³-hybridized carbons (Fsp3) is 0.588. The number of aryl methyl sites for hydroxylation is 2. The molecule has 4 nitrogen and oxygen atoms in total. The minimum atomic E-state index is 0.795. The van der Waals surface area contributed by atoms with E-state index < -0.39 is 0 Å². The van der Waals surface area contributed by atoms with E-state index in [2.05, 4.69) is 47.8 Å². The van der Waals surface area contributed by atoms with Crippen molar-refractivity contribution in [2.24, 2.45) is 0 Å². The van der Waals surface area contributed by atoms with Gasteiger partial charge in [0.2, 0.25) is 0 Å². The first-order chi connectivity index (χ1) is 10.2. The molecule has 116 valence electrons. The van der Waals surface area contributed by atoms with Crippen LogP contribution in [0.25, 0.3) is 11.0 Å². The van der Waals surface area contributed by atoms with Crippen LogP contribution in [0.1, 0.15) is 30.9 Å². The van der Waals surface area contributed by atoms with Crippen molar-refractivity contribution in [1.29, 1.82) is 0 Å². The summed E-state index contributed by atoms with van der Waals surface area (Å²) in [5, 5.41) is 3.42. The number of imidazole rings is 1. The Morgan fingerprint density at radius 1 is 1.14 bits per heavy atom. The van der Waals surface area contributed by atoms with Gasteiger partial charge in [-0.25, -0.2) is 4.98 Å². The van der Waals surface area contributed by atoms with Crippen LogP contribution in [0, 0.1) is 13.8 Å². The molecule has 2 rings (SSSR count). The van der Waals surface area contributed by atoms with Gasteiger partial charge in [0.15, 0.2) is 0 Å². The lowest BCUT2D eigenvalue weighted by molar-refractivity contribution is 0.133. The van der Waals surface area contributed by atoms with E-state index in [4.69, 9.17) is 4.74 Å². The summed E-state index contributed by atoms with van der Waals surface area (Å²) in [6, 6.07) is 4.39. The molecule has 0 aliphatic carbocycles. The Hall–Kier alpha value is -1.39. The molecule has 0 amide bonds. The van der Waals surface area contributed by atoms with Gasteiger partial charge in [0.25, 0.3) is 0 Å². The highest BCUT2D eigenvalue weighted by Gasteiger charge is 2.04. The van der Waals surface area contributed by atoms with Crippen LogP contribution < -0.4 is 5.32 Å². The fourth-order valence-electron chi connectivity index (χ4n) is 2.31. The topological polar surface area (TPSA) is 39.1 Å². The summed E-state index contributed by atoms with van der Waals surface area (Å²) < 4.78 is 7.74. The van der Waals surface area contributed by atoms with Crippen molar-refractivity contribution < 1.29 is 4.74 Å². The zero-order chi connectivity index (χ0) is 15.1. The number of unbranched alkanes of at least 4 members (excludes halogenated alkanes) is 1. The van der Waals surface area contributed by atoms with E-state index in [9.17, 15) is 0 Å². The van der Waals surface area contributed by atoms with Gasteiger partial charge in [-0.2, -0.15) is 0 Å². The van der Waals surface area contributed by atoms with Crippen LogP contribution in [0.2, 0.25) is 0 Å². The number of nitrogens with one attached hydrogen (secondary N) is 1. The normalized spacial score (nSPS) is 11.4. The van der Waals surface area contributed by atoms with Gasteiger partial charge in [0.1, 0.15) is 0 Å². The summed E-state index contributed by atoms with van der Waals surface area (Å²) in [7, 11) is 0. The summed E-state index contributed by atoms with van der Waals surface area (Å²) in [4.78, 5) is 4.48. The van der Waals surface area contributed by atoms with Gasteiger partial charge >= 0.3 is 0 Å². The summed E-state index contributed by atoms with van der Waals surface area (Å²) in [5.74, 6) is 0. The Morgan fingerprint density at radius 2 is 1.95 bits per heavy atom. The number of nitrogens with zero attached hydrogens (tertiary/aromatic N) is 2. The van der Waals surface area contributed by atoms with E-state index in [1.165, 1.54) is 23.1 Å². The fourth-order valence-corrected chi connectivity index (χ4v) is 2.31. The van der Waals surface area contributed by atoms with Gasteiger partial charge in [-0.1, -0.05) is 13.3 Å². The second kappa shape index (κ2) is 8.15. The maximum absolute atomic E-state index is 5.53. The van der Waals surface area contributed by atoms with E-state index in [0.29, 0.717) is 0 Å². The quantitative estimate of drug-likeness (QED) is 0.721. The second-order valence-corrected chi connectivity index (χ2v) is 5.58. The van der Waals surface area contributed by atoms with Crippen molar-refractivity contribution in [3.63, 3.8) is 0 Å². The average Bonchev–Trinajstić information content (AvgIpc) is 2.85. The van der Waals surface area contributed by atoms with Gasteiger partial charge in [-0.3, -0.25) is 0 Å². The predicted molar refractivity (Wildman–Crippen MR) is 87.8 cm³/mol. The van der Waals surface area contributed by atoms with Gasteiger partial charge in [-0.05, 0) is 43.5 Å². The molecule has 0 radical (unpaired) electrons. The molecular formula is C17H27N3O. The molecule has 1 aromatic heterocycles. The Labute approximate surface area is 127 Å². The molecule has 1 heterocycles. The van der Waals surface area contributed by atoms with Gasteiger partial charge < -0.3 is 14.6 Å². The largest absolute Gasteiger partial charge is 0.380 e. The van der Waals surface area contributed by atoms with Crippen LogP contribution in [-0.4, -0.2) is 35.9 Å². The van der Waals surface area contributed by atoms with Gasteiger partial charge in [-0.15, -0.1) is 0 Å². The lowest BCUT2D eigenvalue weighted by Crippen LogP contribution is -2.24. The number of hydrogen-bond donors (Lipinski definition) is 1. The van der Waals surface area contributed by atoms with Crippen molar-refractivity contribution >= 4 is 11.0 Å². The lowest BCUT2D eigenvalue weighted by Gasteiger charge is -2.08. The van der Waals surface area contributed by atoms with Gasteiger partial charge in [0, 0.05) is 26.2 Å². The molecule has 0 aliphatic rings. The Morgan fingerprint density at radius 3 is 2.76 bits per heavy atom. The first-order valence-electron chi connectivity index (χ1n) is 7.93. The molecule has 4 heteroatoms. The van der Waals surface area contributed by atoms with Crippen molar-refractivity contribution in [2.45, 2.75) is 40.2 Å². The number of hydrogen-bond acceptors (Lipinski definition) is 3. The number of benzene rings is 1. The molecule has 0 bridgehead atoms. The van der Waals surface area contributed by atoms with Crippen molar-refractivity contribution in [3.8, 4) is 0 Å². The summed E-state index contributed by atoms with van der Waals surface area (Å²) >= 11 is 0.